The third kappa shape index (κ3) is 2.28. The Labute approximate surface area is 72.1 Å². The van der Waals surface area contributed by atoms with Crippen LogP contribution in [0.5, 0.6) is 0 Å². The Morgan fingerprint density at radius 1 is 1.58 bits per heavy atom. The molecular formula is C10H11NO. The van der Waals surface area contributed by atoms with Crippen LogP contribution in [0.15, 0.2) is 28.9 Å². The predicted octanol–water partition coefficient (Wildman–Crippen LogP) is 2.84. The summed E-state index contributed by atoms with van der Waals surface area (Å²) in [5.74, 6) is 0.776. The van der Waals surface area contributed by atoms with Gasteiger partial charge < -0.3 is 4.42 Å². The molecule has 0 amide bonds. The quantitative estimate of drug-likeness (QED) is 0.668. The number of hydrogen-bond donors (Lipinski definition) is 0. The molecule has 62 valence electrons. The minimum absolute atomic E-state index is 0.424. The van der Waals surface area contributed by atoms with Gasteiger partial charge in [-0.1, -0.05) is 6.08 Å². The van der Waals surface area contributed by atoms with Crippen molar-refractivity contribution in [2.24, 2.45) is 5.41 Å². The van der Waals surface area contributed by atoms with Crippen molar-refractivity contribution < 1.29 is 4.42 Å². The van der Waals surface area contributed by atoms with Gasteiger partial charge >= 0.3 is 0 Å². The third-order valence-electron chi connectivity index (χ3n) is 1.50. The summed E-state index contributed by atoms with van der Waals surface area (Å²) in [7, 11) is 0. The summed E-state index contributed by atoms with van der Waals surface area (Å²) in [5, 5.41) is 8.69. The van der Waals surface area contributed by atoms with Crippen molar-refractivity contribution in [1.82, 2.24) is 0 Å². The topological polar surface area (TPSA) is 36.9 Å². The van der Waals surface area contributed by atoms with Gasteiger partial charge in [0.1, 0.15) is 5.76 Å². The molecule has 2 heteroatoms. The van der Waals surface area contributed by atoms with Gasteiger partial charge in [0.05, 0.1) is 17.7 Å². The lowest BCUT2D eigenvalue weighted by Gasteiger charge is -2.06. The van der Waals surface area contributed by atoms with Crippen molar-refractivity contribution in [1.29, 1.82) is 5.26 Å². The summed E-state index contributed by atoms with van der Waals surface area (Å²) >= 11 is 0. The van der Waals surface area contributed by atoms with Crippen LogP contribution in [-0.4, -0.2) is 0 Å². The van der Waals surface area contributed by atoms with Crippen LogP contribution >= 0.6 is 0 Å². The van der Waals surface area contributed by atoms with Crippen LogP contribution in [0, 0.1) is 16.7 Å². The maximum atomic E-state index is 8.69. The Morgan fingerprint density at radius 2 is 2.33 bits per heavy atom. The van der Waals surface area contributed by atoms with E-state index in [0.29, 0.717) is 0 Å². The Bertz CT molecular complexity index is 301. The fraction of sp³-hybridized carbons (Fsp3) is 0.300. The van der Waals surface area contributed by atoms with E-state index in [-0.39, 0.29) is 0 Å². The van der Waals surface area contributed by atoms with Crippen LogP contribution in [0.3, 0.4) is 0 Å². The van der Waals surface area contributed by atoms with E-state index in [2.05, 4.69) is 6.07 Å². The lowest BCUT2D eigenvalue weighted by Crippen LogP contribution is -2.01. The van der Waals surface area contributed by atoms with Gasteiger partial charge in [-0.25, -0.2) is 0 Å². The first kappa shape index (κ1) is 8.61. The van der Waals surface area contributed by atoms with Crippen LogP contribution < -0.4 is 0 Å². The molecule has 0 N–H and O–H groups in total. The number of rotatable bonds is 2. The second kappa shape index (κ2) is 3.27. The molecule has 0 fully saturated rings. The average Bonchev–Trinajstić information content (AvgIpc) is 2.53. The SMILES string of the molecule is CC(C)(C#N)/C=C/c1ccco1. The first-order valence-electron chi connectivity index (χ1n) is 3.78. The lowest BCUT2D eigenvalue weighted by molar-refractivity contribution is 0.555. The van der Waals surface area contributed by atoms with Crippen molar-refractivity contribution in [3.05, 3.63) is 30.2 Å². The molecular weight excluding hydrogens is 150 g/mol. The maximum Gasteiger partial charge on any atom is 0.126 e. The monoisotopic (exact) mass is 161 g/mol. The Morgan fingerprint density at radius 3 is 2.83 bits per heavy atom. The molecule has 0 spiro atoms. The molecule has 0 aliphatic rings. The summed E-state index contributed by atoms with van der Waals surface area (Å²) < 4.78 is 5.08. The highest BCUT2D eigenvalue weighted by Crippen LogP contribution is 2.17. The molecule has 0 unspecified atom stereocenters. The van der Waals surface area contributed by atoms with Gasteiger partial charge in [-0.05, 0) is 32.1 Å². The van der Waals surface area contributed by atoms with Crippen molar-refractivity contribution in [3.8, 4) is 6.07 Å². The van der Waals surface area contributed by atoms with Crippen molar-refractivity contribution >= 4 is 6.08 Å². The van der Waals surface area contributed by atoms with Crippen molar-refractivity contribution in [2.75, 3.05) is 0 Å². The van der Waals surface area contributed by atoms with Gasteiger partial charge in [-0.2, -0.15) is 5.26 Å². The summed E-state index contributed by atoms with van der Waals surface area (Å²) in [6.07, 6.45) is 5.24. The van der Waals surface area contributed by atoms with E-state index in [1.165, 1.54) is 0 Å². The lowest BCUT2D eigenvalue weighted by atomic mass is 9.95. The van der Waals surface area contributed by atoms with Gasteiger partial charge in [0.25, 0.3) is 0 Å². The zero-order valence-corrected chi connectivity index (χ0v) is 7.24. The van der Waals surface area contributed by atoms with Crippen LogP contribution in [-0.2, 0) is 0 Å². The van der Waals surface area contributed by atoms with Crippen LogP contribution in [0.2, 0.25) is 0 Å². The molecule has 1 aromatic heterocycles. The van der Waals surface area contributed by atoms with E-state index in [9.17, 15) is 0 Å². The molecule has 1 heterocycles. The standard InChI is InChI=1S/C10H11NO/c1-10(2,8-11)6-5-9-4-3-7-12-9/h3-7H,1-2H3/b6-5+. The highest BCUT2D eigenvalue weighted by molar-refractivity contribution is 5.44. The van der Waals surface area contributed by atoms with Crippen molar-refractivity contribution in [2.45, 2.75) is 13.8 Å². The highest BCUT2D eigenvalue weighted by atomic mass is 16.3. The van der Waals surface area contributed by atoms with Gasteiger partial charge in [0, 0.05) is 0 Å². The van der Waals surface area contributed by atoms with E-state index in [1.54, 1.807) is 6.26 Å². The largest absolute Gasteiger partial charge is 0.465 e. The zero-order chi connectivity index (χ0) is 9.03. The van der Waals surface area contributed by atoms with E-state index < -0.39 is 5.41 Å². The van der Waals surface area contributed by atoms with Gasteiger partial charge in [0.15, 0.2) is 0 Å². The Kier molecular flexibility index (Phi) is 2.35. The minimum Gasteiger partial charge on any atom is -0.465 e. The molecule has 2 nitrogen and oxygen atoms in total. The van der Waals surface area contributed by atoms with Crippen LogP contribution in [0.25, 0.3) is 6.08 Å². The molecule has 0 saturated heterocycles. The van der Waals surface area contributed by atoms with E-state index in [0.717, 1.165) is 5.76 Å². The number of nitriles is 1. The van der Waals surface area contributed by atoms with Crippen LogP contribution in [0.4, 0.5) is 0 Å². The smallest absolute Gasteiger partial charge is 0.126 e. The second-order valence-electron chi connectivity index (χ2n) is 3.18. The fourth-order valence-electron chi connectivity index (χ4n) is 0.714. The first-order valence-corrected chi connectivity index (χ1v) is 3.78. The van der Waals surface area contributed by atoms with Gasteiger partial charge in [-0.15, -0.1) is 0 Å². The summed E-state index contributed by atoms with van der Waals surface area (Å²) in [6.45, 7) is 3.71. The van der Waals surface area contributed by atoms with E-state index in [4.69, 9.17) is 9.68 Å². The first-order chi connectivity index (χ1) is 5.64. The van der Waals surface area contributed by atoms with E-state index >= 15 is 0 Å². The molecule has 0 aliphatic heterocycles. The summed E-state index contributed by atoms with van der Waals surface area (Å²) in [4.78, 5) is 0. The molecule has 0 saturated carbocycles. The third-order valence-corrected chi connectivity index (χ3v) is 1.50. The highest BCUT2D eigenvalue weighted by Gasteiger charge is 2.10. The molecule has 0 radical (unpaired) electrons. The Balaban J connectivity index is 2.70. The number of hydrogen-bond acceptors (Lipinski definition) is 2. The minimum atomic E-state index is -0.424. The fourth-order valence-corrected chi connectivity index (χ4v) is 0.714. The van der Waals surface area contributed by atoms with Crippen LogP contribution in [0.1, 0.15) is 19.6 Å². The molecule has 1 rings (SSSR count). The van der Waals surface area contributed by atoms with E-state index in [1.807, 2.05) is 38.1 Å². The zero-order valence-electron chi connectivity index (χ0n) is 7.24. The summed E-state index contributed by atoms with van der Waals surface area (Å²) in [6, 6.07) is 5.84. The number of allylic oxidation sites excluding steroid dienone is 1. The van der Waals surface area contributed by atoms with Crippen molar-refractivity contribution in [3.63, 3.8) is 0 Å². The number of nitrogens with zero attached hydrogens (tertiary/aromatic N) is 1. The molecule has 12 heavy (non-hydrogen) atoms. The maximum absolute atomic E-state index is 8.69. The van der Waals surface area contributed by atoms with Gasteiger partial charge in [-0.3, -0.25) is 0 Å². The molecule has 0 aromatic carbocycles. The Hall–Kier alpha value is -1.49. The number of furan rings is 1. The summed E-state index contributed by atoms with van der Waals surface area (Å²) in [5.41, 5.74) is -0.424. The van der Waals surface area contributed by atoms with Gasteiger partial charge in [0.2, 0.25) is 0 Å². The average molecular weight is 161 g/mol. The molecule has 0 atom stereocenters. The molecule has 0 bridgehead atoms. The second-order valence-corrected chi connectivity index (χ2v) is 3.18. The predicted molar refractivity (Wildman–Crippen MR) is 47.1 cm³/mol. The normalized spacial score (nSPS) is 11.8. The molecule has 0 aliphatic carbocycles. The molecule has 1 aromatic rings.